The minimum atomic E-state index is -0.327. The Labute approximate surface area is 141 Å². The second-order valence-corrected chi connectivity index (χ2v) is 6.16. The highest BCUT2D eigenvalue weighted by Crippen LogP contribution is 2.23. The van der Waals surface area contributed by atoms with Crippen LogP contribution in [-0.2, 0) is 6.54 Å². The van der Waals surface area contributed by atoms with Crippen LogP contribution in [0.3, 0.4) is 0 Å². The van der Waals surface area contributed by atoms with Gasteiger partial charge in [0.25, 0.3) is 5.91 Å². The summed E-state index contributed by atoms with van der Waals surface area (Å²) >= 11 is 3.41. The molecule has 1 heterocycles. The van der Waals surface area contributed by atoms with Gasteiger partial charge in [-0.1, -0.05) is 34.1 Å². The fraction of sp³-hybridized carbons (Fsp3) is 0.111. The van der Waals surface area contributed by atoms with Gasteiger partial charge in [0, 0.05) is 27.7 Å². The number of carbonyl (C=O) groups is 1. The Morgan fingerprint density at radius 3 is 2.78 bits per heavy atom. The fourth-order valence-corrected chi connectivity index (χ4v) is 2.79. The van der Waals surface area contributed by atoms with E-state index >= 15 is 0 Å². The van der Waals surface area contributed by atoms with Gasteiger partial charge in [-0.15, -0.1) is 0 Å². The smallest absolute Gasteiger partial charge is 0.252 e. The van der Waals surface area contributed by atoms with Crippen LogP contribution in [0.25, 0.3) is 10.9 Å². The molecule has 1 N–H and O–H groups in total. The van der Waals surface area contributed by atoms with Crippen molar-refractivity contribution < 1.29 is 9.18 Å². The molecule has 0 spiro atoms. The zero-order chi connectivity index (χ0) is 16.4. The van der Waals surface area contributed by atoms with Crippen molar-refractivity contribution in [2.75, 3.05) is 0 Å². The molecule has 0 aliphatic heterocycles. The Balaban J connectivity index is 1.91. The molecule has 3 nitrogen and oxygen atoms in total. The van der Waals surface area contributed by atoms with Crippen molar-refractivity contribution in [1.29, 1.82) is 0 Å². The van der Waals surface area contributed by atoms with E-state index in [1.165, 1.54) is 6.07 Å². The molecule has 23 heavy (non-hydrogen) atoms. The van der Waals surface area contributed by atoms with Gasteiger partial charge in [0.05, 0.1) is 11.1 Å². The predicted molar refractivity (Wildman–Crippen MR) is 91.8 cm³/mol. The number of benzene rings is 2. The van der Waals surface area contributed by atoms with Crippen LogP contribution in [0.15, 0.2) is 53.0 Å². The maximum absolute atomic E-state index is 13.6. The minimum Gasteiger partial charge on any atom is -0.348 e. The molecule has 0 bridgehead atoms. The van der Waals surface area contributed by atoms with Gasteiger partial charge in [0.2, 0.25) is 0 Å². The zero-order valence-electron chi connectivity index (χ0n) is 12.4. The Morgan fingerprint density at radius 1 is 1.22 bits per heavy atom. The first-order valence-corrected chi connectivity index (χ1v) is 7.92. The Bertz CT molecular complexity index is 895. The third-order valence-electron chi connectivity index (χ3n) is 3.54. The third-order valence-corrected chi connectivity index (χ3v) is 4.03. The second-order valence-electron chi connectivity index (χ2n) is 5.25. The van der Waals surface area contributed by atoms with E-state index in [1.54, 1.807) is 24.3 Å². The van der Waals surface area contributed by atoms with Crippen molar-refractivity contribution in [2.45, 2.75) is 13.5 Å². The van der Waals surface area contributed by atoms with E-state index in [1.807, 2.05) is 25.1 Å². The number of aromatic nitrogens is 1. The van der Waals surface area contributed by atoms with Gasteiger partial charge < -0.3 is 5.32 Å². The van der Waals surface area contributed by atoms with Gasteiger partial charge in [-0.05, 0) is 37.3 Å². The molecule has 0 aliphatic rings. The molecule has 0 fully saturated rings. The molecule has 5 heteroatoms. The van der Waals surface area contributed by atoms with Crippen LogP contribution in [0.2, 0.25) is 0 Å². The van der Waals surface area contributed by atoms with Crippen LogP contribution < -0.4 is 5.32 Å². The molecular formula is C18H14BrFN2O. The maximum atomic E-state index is 13.6. The molecule has 0 saturated heterocycles. The van der Waals surface area contributed by atoms with Crippen molar-refractivity contribution in [3.8, 4) is 0 Å². The van der Waals surface area contributed by atoms with Crippen LogP contribution in [-0.4, -0.2) is 10.9 Å². The number of fused-ring (bicyclic) bond motifs is 1. The number of nitrogens with zero attached hydrogens (tertiary/aromatic N) is 1. The van der Waals surface area contributed by atoms with Gasteiger partial charge in [0.15, 0.2) is 0 Å². The fourth-order valence-electron chi connectivity index (χ4n) is 2.43. The molecule has 3 rings (SSSR count). The van der Waals surface area contributed by atoms with Crippen LogP contribution in [0, 0.1) is 12.7 Å². The highest BCUT2D eigenvalue weighted by Gasteiger charge is 2.13. The van der Waals surface area contributed by atoms with Crippen molar-refractivity contribution >= 4 is 32.7 Å². The lowest BCUT2D eigenvalue weighted by Crippen LogP contribution is -2.23. The summed E-state index contributed by atoms with van der Waals surface area (Å²) < 4.78 is 14.5. The second kappa shape index (κ2) is 6.46. The SMILES string of the molecule is Cc1cc(C(=O)NCc2ccccc2F)c2cc(Br)ccc2n1. The summed E-state index contributed by atoms with van der Waals surface area (Å²) in [6.45, 7) is 1.98. The predicted octanol–water partition coefficient (Wildman–Crippen LogP) is 4.37. The van der Waals surface area contributed by atoms with E-state index in [-0.39, 0.29) is 18.3 Å². The summed E-state index contributed by atoms with van der Waals surface area (Å²) in [6, 6.07) is 13.7. The van der Waals surface area contributed by atoms with E-state index in [0.29, 0.717) is 11.1 Å². The summed E-state index contributed by atoms with van der Waals surface area (Å²) in [5.74, 6) is -0.576. The lowest BCUT2D eigenvalue weighted by molar-refractivity contribution is 0.0952. The number of nitrogens with one attached hydrogen (secondary N) is 1. The first-order chi connectivity index (χ1) is 11.0. The van der Waals surface area contributed by atoms with E-state index in [4.69, 9.17) is 0 Å². The summed E-state index contributed by atoms with van der Waals surface area (Å²) in [7, 11) is 0. The molecule has 0 saturated carbocycles. The van der Waals surface area contributed by atoms with E-state index < -0.39 is 0 Å². The molecule has 1 amide bonds. The van der Waals surface area contributed by atoms with Crippen molar-refractivity contribution in [3.63, 3.8) is 0 Å². The van der Waals surface area contributed by atoms with Gasteiger partial charge in [-0.2, -0.15) is 0 Å². The highest BCUT2D eigenvalue weighted by atomic mass is 79.9. The van der Waals surface area contributed by atoms with Gasteiger partial charge >= 0.3 is 0 Å². The van der Waals surface area contributed by atoms with Gasteiger partial charge in [-0.25, -0.2) is 4.39 Å². The molecule has 0 unspecified atom stereocenters. The lowest BCUT2D eigenvalue weighted by atomic mass is 10.1. The third kappa shape index (κ3) is 3.40. The minimum absolute atomic E-state index is 0.141. The summed E-state index contributed by atoms with van der Waals surface area (Å²) in [4.78, 5) is 17.0. The maximum Gasteiger partial charge on any atom is 0.252 e. The number of amides is 1. The van der Waals surface area contributed by atoms with Crippen LogP contribution in [0.4, 0.5) is 4.39 Å². The number of rotatable bonds is 3. The number of aryl methyl sites for hydroxylation is 1. The average molecular weight is 373 g/mol. The van der Waals surface area contributed by atoms with E-state index in [9.17, 15) is 9.18 Å². The Hall–Kier alpha value is -2.27. The number of pyridine rings is 1. The molecule has 3 aromatic rings. The largest absolute Gasteiger partial charge is 0.348 e. The quantitative estimate of drug-likeness (QED) is 0.741. The zero-order valence-corrected chi connectivity index (χ0v) is 14.0. The highest BCUT2D eigenvalue weighted by molar-refractivity contribution is 9.10. The summed E-state index contributed by atoms with van der Waals surface area (Å²) in [5, 5.41) is 3.53. The summed E-state index contributed by atoms with van der Waals surface area (Å²) in [5.41, 5.74) is 2.50. The Kier molecular flexibility index (Phi) is 4.39. The molecule has 0 atom stereocenters. The van der Waals surface area contributed by atoms with Gasteiger partial charge in [0.1, 0.15) is 5.82 Å². The first-order valence-electron chi connectivity index (χ1n) is 7.13. The average Bonchev–Trinajstić information content (AvgIpc) is 2.53. The normalized spacial score (nSPS) is 10.7. The lowest BCUT2D eigenvalue weighted by Gasteiger charge is -2.10. The van der Waals surface area contributed by atoms with E-state index in [0.717, 1.165) is 21.1 Å². The van der Waals surface area contributed by atoms with Crippen molar-refractivity contribution in [2.24, 2.45) is 0 Å². The molecule has 0 radical (unpaired) electrons. The molecule has 116 valence electrons. The molecule has 0 aliphatic carbocycles. The van der Waals surface area contributed by atoms with Crippen LogP contribution in [0.5, 0.6) is 0 Å². The number of hydrogen-bond donors (Lipinski definition) is 1. The van der Waals surface area contributed by atoms with Crippen LogP contribution in [0.1, 0.15) is 21.6 Å². The van der Waals surface area contributed by atoms with Crippen molar-refractivity contribution in [1.82, 2.24) is 10.3 Å². The molecular weight excluding hydrogens is 359 g/mol. The monoisotopic (exact) mass is 372 g/mol. The van der Waals surface area contributed by atoms with E-state index in [2.05, 4.69) is 26.2 Å². The number of hydrogen-bond acceptors (Lipinski definition) is 2. The van der Waals surface area contributed by atoms with Crippen molar-refractivity contribution in [3.05, 3.63) is 75.6 Å². The number of carbonyl (C=O) groups excluding carboxylic acids is 1. The Morgan fingerprint density at radius 2 is 2.00 bits per heavy atom. The molecule has 2 aromatic carbocycles. The topological polar surface area (TPSA) is 42.0 Å². The summed E-state index contributed by atoms with van der Waals surface area (Å²) in [6.07, 6.45) is 0. The number of halogens is 2. The first kappa shape index (κ1) is 15.6. The van der Waals surface area contributed by atoms with Gasteiger partial charge in [-0.3, -0.25) is 9.78 Å². The van der Waals surface area contributed by atoms with Crippen LogP contribution >= 0.6 is 15.9 Å². The molecule has 1 aromatic heterocycles. The standard InChI is InChI=1S/C18H14BrFN2O/c1-11-8-15(14-9-13(19)6-7-17(14)22-11)18(23)21-10-12-4-2-3-5-16(12)20/h2-9H,10H2,1H3,(H,21,23).